The Morgan fingerprint density at radius 2 is 2.21 bits per heavy atom. The molecule has 0 aromatic carbocycles. The zero-order valence-electron chi connectivity index (χ0n) is 7.47. The predicted octanol–water partition coefficient (Wildman–Crippen LogP) is -0.280. The average molecular weight is 196 g/mol. The monoisotopic (exact) mass is 196 g/mol. The molecule has 0 fully saturated rings. The molecule has 0 radical (unpaired) electrons. The van der Waals surface area contributed by atoms with Crippen molar-refractivity contribution in [1.29, 1.82) is 0 Å². The number of carboxylic acid groups (broad SMARTS) is 1. The van der Waals surface area contributed by atoms with Crippen LogP contribution in [0.5, 0.6) is 0 Å². The third kappa shape index (κ3) is 2.33. The Morgan fingerprint density at radius 3 is 2.71 bits per heavy atom. The van der Waals surface area contributed by atoms with Gasteiger partial charge in [0.25, 0.3) is 0 Å². The summed E-state index contributed by atoms with van der Waals surface area (Å²) in [7, 11) is 0. The summed E-state index contributed by atoms with van der Waals surface area (Å²) in [6.45, 7) is 0. The Morgan fingerprint density at radius 1 is 1.57 bits per heavy atom. The molecule has 0 aliphatic rings. The maximum absolute atomic E-state index is 10.4. The number of carbonyl (C=O) groups is 1. The van der Waals surface area contributed by atoms with Crippen molar-refractivity contribution in [2.45, 2.75) is 12.5 Å². The van der Waals surface area contributed by atoms with E-state index < -0.39 is 12.0 Å². The second kappa shape index (κ2) is 3.93. The number of nitrogens with two attached hydrogens (primary N) is 3. The fraction of sp³-hybridized carbons (Fsp3) is 0.250. The van der Waals surface area contributed by atoms with Gasteiger partial charge in [-0.15, -0.1) is 0 Å². The second-order valence-electron chi connectivity index (χ2n) is 2.95. The van der Waals surface area contributed by atoms with Gasteiger partial charge in [0.15, 0.2) is 0 Å². The van der Waals surface area contributed by atoms with Gasteiger partial charge < -0.3 is 22.3 Å². The molecule has 0 saturated carbocycles. The van der Waals surface area contributed by atoms with Crippen LogP contribution in [0.2, 0.25) is 0 Å². The Balaban J connectivity index is 2.85. The van der Waals surface area contributed by atoms with Crippen LogP contribution in [-0.2, 0) is 4.79 Å². The SMILES string of the molecule is Nc1cc([C@H](N)CC(=O)O)cnc1N. The van der Waals surface area contributed by atoms with Gasteiger partial charge in [0.1, 0.15) is 5.82 Å². The van der Waals surface area contributed by atoms with Gasteiger partial charge in [-0.1, -0.05) is 0 Å². The minimum atomic E-state index is -0.965. The molecular formula is C8H12N4O2. The highest BCUT2D eigenvalue weighted by molar-refractivity contribution is 5.68. The highest BCUT2D eigenvalue weighted by Gasteiger charge is 2.11. The molecule has 0 amide bonds. The Labute approximate surface area is 80.7 Å². The number of aliphatic carboxylic acids is 1. The lowest BCUT2D eigenvalue weighted by molar-refractivity contribution is -0.137. The van der Waals surface area contributed by atoms with E-state index in [0.29, 0.717) is 11.3 Å². The minimum absolute atomic E-state index is 0.162. The van der Waals surface area contributed by atoms with Crippen molar-refractivity contribution in [3.63, 3.8) is 0 Å². The lowest BCUT2D eigenvalue weighted by Crippen LogP contribution is -2.15. The largest absolute Gasteiger partial charge is 0.481 e. The summed E-state index contributed by atoms with van der Waals surface area (Å²) in [6.07, 6.45) is 1.27. The van der Waals surface area contributed by atoms with Gasteiger partial charge in [-0.2, -0.15) is 0 Å². The van der Waals surface area contributed by atoms with Gasteiger partial charge in [0, 0.05) is 12.2 Å². The van der Waals surface area contributed by atoms with E-state index in [-0.39, 0.29) is 12.2 Å². The average Bonchev–Trinajstić information content (AvgIpc) is 2.08. The van der Waals surface area contributed by atoms with Crippen LogP contribution >= 0.6 is 0 Å². The summed E-state index contributed by atoms with van der Waals surface area (Å²) in [5, 5.41) is 8.51. The molecule has 0 saturated heterocycles. The van der Waals surface area contributed by atoms with Gasteiger partial charge in [-0.25, -0.2) is 4.98 Å². The summed E-state index contributed by atoms with van der Waals surface area (Å²) in [5.74, 6) is -0.746. The molecule has 0 aliphatic heterocycles. The van der Waals surface area contributed by atoms with Crippen molar-refractivity contribution in [3.8, 4) is 0 Å². The number of rotatable bonds is 3. The summed E-state index contributed by atoms with van der Waals surface area (Å²) in [4.78, 5) is 14.2. The molecular weight excluding hydrogens is 184 g/mol. The number of aromatic nitrogens is 1. The van der Waals surface area contributed by atoms with Gasteiger partial charge in [0.2, 0.25) is 0 Å². The molecule has 1 atom stereocenters. The molecule has 1 heterocycles. The fourth-order valence-electron chi connectivity index (χ4n) is 1.02. The first-order valence-electron chi connectivity index (χ1n) is 3.99. The zero-order valence-corrected chi connectivity index (χ0v) is 7.47. The Bertz CT molecular complexity index is 353. The van der Waals surface area contributed by atoms with Gasteiger partial charge in [-0.3, -0.25) is 4.79 Å². The van der Waals surface area contributed by atoms with E-state index in [1.807, 2.05) is 0 Å². The molecule has 1 aromatic heterocycles. The van der Waals surface area contributed by atoms with E-state index in [9.17, 15) is 4.79 Å². The number of anilines is 2. The van der Waals surface area contributed by atoms with Crippen LogP contribution in [0.15, 0.2) is 12.3 Å². The lowest BCUT2D eigenvalue weighted by atomic mass is 10.1. The van der Waals surface area contributed by atoms with Crippen LogP contribution in [0.25, 0.3) is 0 Å². The molecule has 1 aromatic rings. The Hall–Kier alpha value is -1.82. The second-order valence-corrected chi connectivity index (χ2v) is 2.95. The van der Waals surface area contributed by atoms with Gasteiger partial charge >= 0.3 is 5.97 Å². The standard InChI is InChI=1S/C8H12N4O2/c9-5(2-7(13)14)4-1-6(10)8(11)12-3-4/h1,3,5H,2,9-10H2,(H2,11,12)(H,13,14)/t5-/m1/s1. The molecule has 0 spiro atoms. The highest BCUT2D eigenvalue weighted by Crippen LogP contribution is 2.18. The van der Waals surface area contributed by atoms with E-state index in [0.717, 1.165) is 0 Å². The van der Waals surface area contributed by atoms with E-state index >= 15 is 0 Å². The summed E-state index contributed by atoms with van der Waals surface area (Å²) < 4.78 is 0. The first-order chi connectivity index (χ1) is 6.50. The molecule has 6 nitrogen and oxygen atoms in total. The molecule has 6 heteroatoms. The quantitative estimate of drug-likeness (QED) is 0.526. The normalized spacial score (nSPS) is 12.4. The fourth-order valence-corrected chi connectivity index (χ4v) is 1.02. The molecule has 76 valence electrons. The number of pyridine rings is 1. The number of hydrogen-bond donors (Lipinski definition) is 4. The van der Waals surface area contributed by atoms with E-state index in [1.165, 1.54) is 12.3 Å². The number of nitrogens with zero attached hydrogens (tertiary/aromatic N) is 1. The van der Waals surface area contributed by atoms with Crippen molar-refractivity contribution < 1.29 is 9.90 Å². The van der Waals surface area contributed by atoms with Crippen LogP contribution in [0.1, 0.15) is 18.0 Å². The van der Waals surface area contributed by atoms with Crippen LogP contribution in [-0.4, -0.2) is 16.1 Å². The van der Waals surface area contributed by atoms with E-state index in [4.69, 9.17) is 22.3 Å². The summed E-state index contributed by atoms with van der Waals surface area (Å²) in [5.41, 5.74) is 17.4. The molecule has 0 bridgehead atoms. The van der Waals surface area contributed by atoms with Crippen LogP contribution in [0, 0.1) is 0 Å². The highest BCUT2D eigenvalue weighted by atomic mass is 16.4. The maximum Gasteiger partial charge on any atom is 0.305 e. The summed E-state index contributed by atoms with van der Waals surface area (Å²) in [6, 6.07) is 0.929. The van der Waals surface area contributed by atoms with Crippen molar-refractivity contribution in [1.82, 2.24) is 4.98 Å². The lowest BCUT2D eigenvalue weighted by Gasteiger charge is -2.09. The first-order valence-corrected chi connectivity index (χ1v) is 3.99. The molecule has 14 heavy (non-hydrogen) atoms. The number of hydrogen-bond acceptors (Lipinski definition) is 5. The van der Waals surface area contributed by atoms with E-state index in [2.05, 4.69) is 4.98 Å². The van der Waals surface area contributed by atoms with Crippen molar-refractivity contribution in [2.24, 2.45) is 5.73 Å². The van der Waals surface area contributed by atoms with Crippen LogP contribution in [0.3, 0.4) is 0 Å². The third-order valence-corrected chi connectivity index (χ3v) is 1.79. The van der Waals surface area contributed by atoms with Crippen molar-refractivity contribution in [2.75, 3.05) is 11.5 Å². The van der Waals surface area contributed by atoms with E-state index in [1.54, 1.807) is 0 Å². The predicted molar refractivity (Wildman–Crippen MR) is 52.2 cm³/mol. The smallest absolute Gasteiger partial charge is 0.305 e. The number of carboxylic acids is 1. The zero-order chi connectivity index (χ0) is 10.7. The Kier molecular flexibility index (Phi) is 2.88. The molecule has 1 rings (SSSR count). The van der Waals surface area contributed by atoms with Crippen LogP contribution < -0.4 is 17.2 Å². The molecule has 7 N–H and O–H groups in total. The first kappa shape index (κ1) is 10.3. The third-order valence-electron chi connectivity index (χ3n) is 1.79. The van der Waals surface area contributed by atoms with Gasteiger partial charge in [-0.05, 0) is 11.6 Å². The molecule has 0 unspecified atom stereocenters. The number of nitrogen functional groups attached to an aromatic ring is 2. The minimum Gasteiger partial charge on any atom is -0.481 e. The van der Waals surface area contributed by atoms with Crippen molar-refractivity contribution >= 4 is 17.5 Å². The molecule has 0 aliphatic carbocycles. The van der Waals surface area contributed by atoms with Crippen molar-refractivity contribution in [3.05, 3.63) is 17.8 Å². The summed E-state index contributed by atoms with van der Waals surface area (Å²) >= 11 is 0. The van der Waals surface area contributed by atoms with Gasteiger partial charge in [0.05, 0.1) is 12.1 Å². The van der Waals surface area contributed by atoms with Crippen LogP contribution in [0.4, 0.5) is 11.5 Å². The maximum atomic E-state index is 10.4. The topological polar surface area (TPSA) is 128 Å².